The second-order valence-corrected chi connectivity index (χ2v) is 2.73. The normalized spacial score (nSPS) is 10.2. The zero-order chi connectivity index (χ0) is 9.68. The highest BCUT2D eigenvalue weighted by molar-refractivity contribution is 5.91. The number of ketones is 1. The summed E-state index contributed by atoms with van der Waals surface area (Å²) in [5.41, 5.74) is 1.48. The molecule has 0 atom stereocenters. The first-order valence-electron chi connectivity index (χ1n) is 3.96. The molecular formula is C11H10O2. The van der Waals surface area contributed by atoms with Crippen LogP contribution in [0, 0.1) is 0 Å². The van der Waals surface area contributed by atoms with Gasteiger partial charge in [-0.2, -0.15) is 0 Å². The fraction of sp³-hybridized carbons (Fsp3) is 0.0909. The van der Waals surface area contributed by atoms with Gasteiger partial charge in [0.25, 0.3) is 0 Å². The van der Waals surface area contributed by atoms with E-state index in [1.165, 1.54) is 13.0 Å². The predicted molar refractivity (Wildman–Crippen MR) is 51.5 cm³/mol. The molecule has 2 heteroatoms. The largest absolute Gasteiger partial charge is 0.298 e. The van der Waals surface area contributed by atoms with E-state index in [1.54, 1.807) is 24.3 Å². The van der Waals surface area contributed by atoms with Crippen molar-refractivity contribution in [1.29, 1.82) is 0 Å². The van der Waals surface area contributed by atoms with Crippen molar-refractivity contribution in [2.45, 2.75) is 6.92 Å². The molecule has 1 aromatic carbocycles. The Kier molecular flexibility index (Phi) is 3.15. The minimum atomic E-state index is -0.00324. The Morgan fingerprint density at radius 3 is 2.62 bits per heavy atom. The molecule has 66 valence electrons. The van der Waals surface area contributed by atoms with Gasteiger partial charge in [-0.25, -0.2) is 0 Å². The molecule has 0 amide bonds. The van der Waals surface area contributed by atoms with E-state index in [-0.39, 0.29) is 5.78 Å². The van der Waals surface area contributed by atoms with Crippen LogP contribution in [0.2, 0.25) is 0 Å². The standard InChI is InChI=1S/C11H10O2/c1-9(13)5-6-10-3-2-4-11(7-10)8-12/h2-8H,1H3/b6-5+. The van der Waals surface area contributed by atoms with Crippen LogP contribution in [0.5, 0.6) is 0 Å². The van der Waals surface area contributed by atoms with Gasteiger partial charge in [0.15, 0.2) is 5.78 Å². The number of rotatable bonds is 3. The van der Waals surface area contributed by atoms with Crippen molar-refractivity contribution in [2.75, 3.05) is 0 Å². The summed E-state index contributed by atoms with van der Waals surface area (Å²) in [6.45, 7) is 1.49. The van der Waals surface area contributed by atoms with E-state index >= 15 is 0 Å². The van der Waals surface area contributed by atoms with Crippen LogP contribution >= 0.6 is 0 Å². The Morgan fingerprint density at radius 1 is 1.31 bits per heavy atom. The van der Waals surface area contributed by atoms with E-state index in [0.29, 0.717) is 5.56 Å². The number of carbonyl (C=O) groups excluding carboxylic acids is 2. The lowest BCUT2D eigenvalue weighted by Gasteiger charge is -1.93. The maximum absolute atomic E-state index is 10.6. The summed E-state index contributed by atoms with van der Waals surface area (Å²) in [6.07, 6.45) is 3.95. The summed E-state index contributed by atoms with van der Waals surface area (Å²) in [5, 5.41) is 0. The van der Waals surface area contributed by atoms with Crippen LogP contribution in [0.25, 0.3) is 6.08 Å². The molecule has 0 saturated heterocycles. The summed E-state index contributed by atoms with van der Waals surface area (Å²) < 4.78 is 0. The summed E-state index contributed by atoms with van der Waals surface area (Å²) in [7, 11) is 0. The lowest BCUT2D eigenvalue weighted by Crippen LogP contribution is -1.82. The molecular weight excluding hydrogens is 164 g/mol. The van der Waals surface area contributed by atoms with Gasteiger partial charge in [-0.3, -0.25) is 9.59 Å². The van der Waals surface area contributed by atoms with Crippen LogP contribution in [-0.4, -0.2) is 12.1 Å². The molecule has 2 nitrogen and oxygen atoms in total. The number of allylic oxidation sites excluding steroid dienone is 1. The average molecular weight is 174 g/mol. The van der Waals surface area contributed by atoms with E-state index in [2.05, 4.69) is 0 Å². The van der Waals surface area contributed by atoms with E-state index in [4.69, 9.17) is 0 Å². The highest BCUT2D eigenvalue weighted by atomic mass is 16.1. The first-order valence-corrected chi connectivity index (χ1v) is 3.96. The zero-order valence-electron chi connectivity index (χ0n) is 7.36. The Labute approximate surface area is 76.9 Å². The van der Waals surface area contributed by atoms with Gasteiger partial charge >= 0.3 is 0 Å². The van der Waals surface area contributed by atoms with Crippen molar-refractivity contribution in [3.8, 4) is 0 Å². The number of hydrogen-bond acceptors (Lipinski definition) is 2. The minimum absolute atomic E-state index is 0.00324. The number of benzene rings is 1. The highest BCUT2D eigenvalue weighted by Gasteiger charge is 1.90. The maximum Gasteiger partial charge on any atom is 0.152 e. The summed E-state index contributed by atoms with van der Waals surface area (Å²) in [5.74, 6) is -0.00324. The third kappa shape index (κ3) is 3.03. The quantitative estimate of drug-likeness (QED) is 0.519. The SMILES string of the molecule is CC(=O)/C=C/c1cccc(C=O)c1. The molecule has 0 saturated carbocycles. The lowest BCUT2D eigenvalue weighted by atomic mass is 10.1. The fourth-order valence-electron chi connectivity index (χ4n) is 0.950. The zero-order valence-corrected chi connectivity index (χ0v) is 7.36. The molecule has 0 spiro atoms. The maximum atomic E-state index is 10.6. The molecule has 0 N–H and O–H groups in total. The third-order valence-corrected chi connectivity index (χ3v) is 1.56. The van der Waals surface area contributed by atoms with E-state index in [0.717, 1.165) is 11.8 Å². The van der Waals surface area contributed by atoms with Crippen molar-refractivity contribution in [3.05, 3.63) is 41.5 Å². The van der Waals surface area contributed by atoms with Crippen LogP contribution in [0.15, 0.2) is 30.3 Å². The van der Waals surface area contributed by atoms with Gasteiger partial charge in [-0.15, -0.1) is 0 Å². The van der Waals surface area contributed by atoms with Crippen molar-refractivity contribution >= 4 is 18.1 Å². The first kappa shape index (κ1) is 9.39. The lowest BCUT2D eigenvalue weighted by molar-refractivity contribution is -0.112. The molecule has 1 rings (SSSR count). The molecule has 0 aliphatic heterocycles. The topological polar surface area (TPSA) is 34.1 Å². The van der Waals surface area contributed by atoms with E-state index in [9.17, 15) is 9.59 Å². The van der Waals surface area contributed by atoms with Crippen molar-refractivity contribution in [1.82, 2.24) is 0 Å². The summed E-state index contributed by atoms with van der Waals surface area (Å²) >= 11 is 0. The van der Waals surface area contributed by atoms with Crippen LogP contribution in [0.3, 0.4) is 0 Å². The Balaban J connectivity index is 2.89. The summed E-state index contributed by atoms with van der Waals surface area (Å²) in [4.78, 5) is 21.0. The second-order valence-electron chi connectivity index (χ2n) is 2.73. The van der Waals surface area contributed by atoms with Gasteiger partial charge < -0.3 is 0 Å². The Morgan fingerprint density at radius 2 is 2.00 bits per heavy atom. The monoisotopic (exact) mass is 174 g/mol. The molecule has 0 aromatic heterocycles. The molecule has 0 radical (unpaired) electrons. The average Bonchev–Trinajstić information content (AvgIpc) is 2.15. The van der Waals surface area contributed by atoms with Gasteiger partial charge in [0.2, 0.25) is 0 Å². The molecule has 0 unspecified atom stereocenters. The van der Waals surface area contributed by atoms with Gasteiger partial charge in [-0.05, 0) is 24.6 Å². The molecule has 0 aliphatic rings. The van der Waals surface area contributed by atoms with Crippen LogP contribution in [0.1, 0.15) is 22.8 Å². The van der Waals surface area contributed by atoms with Crippen LogP contribution < -0.4 is 0 Å². The van der Waals surface area contributed by atoms with Gasteiger partial charge in [0, 0.05) is 5.56 Å². The van der Waals surface area contributed by atoms with E-state index in [1.807, 2.05) is 6.07 Å². The molecule has 0 bridgehead atoms. The number of hydrogen-bond donors (Lipinski definition) is 0. The van der Waals surface area contributed by atoms with Crippen LogP contribution in [0.4, 0.5) is 0 Å². The van der Waals surface area contributed by atoms with Gasteiger partial charge in [-0.1, -0.05) is 24.3 Å². The predicted octanol–water partition coefficient (Wildman–Crippen LogP) is 2.10. The highest BCUT2D eigenvalue weighted by Crippen LogP contribution is 2.04. The van der Waals surface area contributed by atoms with Crippen molar-refractivity contribution in [3.63, 3.8) is 0 Å². The number of carbonyl (C=O) groups is 2. The van der Waals surface area contributed by atoms with Gasteiger partial charge in [0.1, 0.15) is 6.29 Å². The third-order valence-electron chi connectivity index (χ3n) is 1.56. The second kappa shape index (κ2) is 4.36. The van der Waals surface area contributed by atoms with Crippen LogP contribution in [-0.2, 0) is 4.79 Å². The molecule has 13 heavy (non-hydrogen) atoms. The first-order chi connectivity index (χ1) is 6.22. The Bertz CT molecular complexity index is 351. The van der Waals surface area contributed by atoms with Gasteiger partial charge in [0.05, 0.1) is 0 Å². The smallest absolute Gasteiger partial charge is 0.152 e. The molecule has 0 heterocycles. The molecule has 0 fully saturated rings. The van der Waals surface area contributed by atoms with Crippen molar-refractivity contribution < 1.29 is 9.59 Å². The fourth-order valence-corrected chi connectivity index (χ4v) is 0.950. The Hall–Kier alpha value is -1.70. The summed E-state index contributed by atoms with van der Waals surface area (Å²) in [6, 6.07) is 7.07. The van der Waals surface area contributed by atoms with Crippen molar-refractivity contribution in [2.24, 2.45) is 0 Å². The number of aldehydes is 1. The van der Waals surface area contributed by atoms with E-state index < -0.39 is 0 Å². The molecule has 1 aromatic rings. The minimum Gasteiger partial charge on any atom is -0.298 e. The molecule has 0 aliphatic carbocycles.